The molecule has 2 aromatic heterocycles. The molecule has 0 aliphatic rings. The molecule has 0 aliphatic carbocycles. The Morgan fingerprint density at radius 3 is 2.57 bits per heavy atom. The largest absolute Gasteiger partial charge is 0.476 e. The van der Waals surface area contributed by atoms with Crippen LogP contribution in [0, 0.1) is 0 Å². The number of aromatic nitrogens is 2. The number of carbonyl (C=O) groups excluding carboxylic acids is 1. The molecule has 0 spiro atoms. The second kappa shape index (κ2) is 7.14. The number of amides is 2. The topological polar surface area (TPSA) is 104 Å². The molecule has 2 rings (SSSR count). The van der Waals surface area contributed by atoms with E-state index in [4.69, 9.17) is 5.11 Å². The van der Waals surface area contributed by atoms with Crippen molar-refractivity contribution < 1.29 is 14.7 Å². The standard InChI is InChI=1S/C12H14N4O3S2/c1-2-7-3-13-9(21-7)4-14-12(19)15-5-10-16-8(6-20-10)11(17)18/h3,6H,2,4-5H2,1H3,(H,17,18)(H2,14,15,19). The van der Waals surface area contributed by atoms with Gasteiger partial charge in [-0.3, -0.25) is 0 Å². The predicted octanol–water partition coefficient (Wildman–Crippen LogP) is 1.86. The van der Waals surface area contributed by atoms with E-state index in [0.29, 0.717) is 11.6 Å². The Kier molecular flexibility index (Phi) is 5.23. The first-order valence-corrected chi connectivity index (χ1v) is 7.91. The molecular formula is C12H14N4O3S2. The van der Waals surface area contributed by atoms with E-state index in [2.05, 4.69) is 27.5 Å². The highest BCUT2D eigenvalue weighted by molar-refractivity contribution is 7.11. The normalized spacial score (nSPS) is 10.3. The van der Waals surface area contributed by atoms with Crippen LogP contribution in [-0.4, -0.2) is 27.1 Å². The maximum atomic E-state index is 11.6. The van der Waals surface area contributed by atoms with E-state index in [9.17, 15) is 9.59 Å². The molecule has 0 unspecified atom stereocenters. The minimum atomic E-state index is -1.07. The van der Waals surface area contributed by atoms with Crippen molar-refractivity contribution in [1.29, 1.82) is 0 Å². The van der Waals surface area contributed by atoms with Gasteiger partial charge in [0.15, 0.2) is 5.69 Å². The minimum absolute atomic E-state index is 0.00733. The second-order valence-electron chi connectivity index (χ2n) is 4.04. The molecule has 0 fully saturated rings. The molecule has 0 saturated heterocycles. The van der Waals surface area contributed by atoms with Gasteiger partial charge in [-0.25, -0.2) is 19.6 Å². The number of aryl methyl sites for hydroxylation is 1. The highest BCUT2D eigenvalue weighted by Crippen LogP contribution is 2.13. The van der Waals surface area contributed by atoms with Crippen LogP contribution in [0.4, 0.5) is 4.79 Å². The third-order valence-corrected chi connectivity index (χ3v) is 4.51. The zero-order chi connectivity index (χ0) is 15.2. The molecule has 0 aliphatic heterocycles. The van der Waals surface area contributed by atoms with E-state index in [1.165, 1.54) is 21.6 Å². The van der Waals surface area contributed by atoms with Crippen molar-refractivity contribution in [2.75, 3.05) is 0 Å². The average molecular weight is 326 g/mol. The molecule has 2 aromatic rings. The number of aromatic carboxylic acids is 1. The third kappa shape index (κ3) is 4.50. The summed E-state index contributed by atoms with van der Waals surface area (Å²) in [5, 5.41) is 16.9. The Morgan fingerprint density at radius 2 is 2.00 bits per heavy atom. The molecule has 2 heterocycles. The summed E-state index contributed by atoms with van der Waals surface area (Å²) < 4.78 is 0. The lowest BCUT2D eigenvalue weighted by Gasteiger charge is -2.04. The summed E-state index contributed by atoms with van der Waals surface area (Å²) in [7, 11) is 0. The summed E-state index contributed by atoms with van der Waals surface area (Å²) in [6.07, 6.45) is 2.74. The summed E-state index contributed by atoms with van der Waals surface area (Å²) >= 11 is 2.76. The lowest BCUT2D eigenvalue weighted by atomic mass is 10.4. The quantitative estimate of drug-likeness (QED) is 0.751. The molecule has 0 radical (unpaired) electrons. The third-order valence-electron chi connectivity index (χ3n) is 2.52. The Balaban J connectivity index is 1.75. The lowest BCUT2D eigenvalue weighted by Crippen LogP contribution is -2.34. The average Bonchev–Trinajstić information content (AvgIpc) is 3.11. The van der Waals surface area contributed by atoms with Crippen LogP contribution in [0.15, 0.2) is 11.6 Å². The van der Waals surface area contributed by atoms with E-state index >= 15 is 0 Å². The van der Waals surface area contributed by atoms with Crippen LogP contribution in [0.2, 0.25) is 0 Å². The first-order chi connectivity index (χ1) is 10.1. The molecule has 7 nitrogen and oxygen atoms in total. The summed E-state index contributed by atoms with van der Waals surface area (Å²) in [6.45, 7) is 2.62. The van der Waals surface area contributed by atoms with Crippen LogP contribution in [0.1, 0.15) is 32.3 Å². The Morgan fingerprint density at radius 1 is 1.29 bits per heavy atom. The first-order valence-electron chi connectivity index (χ1n) is 6.21. The lowest BCUT2D eigenvalue weighted by molar-refractivity contribution is 0.0691. The van der Waals surface area contributed by atoms with E-state index < -0.39 is 5.97 Å². The molecule has 112 valence electrons. The monoisotopic (exact) mass is 326 g/mol. The number of carbonyl (C=O) groups is 2. The number of nitrogens with one attached hydrogen (secondary N) is 2. The van der Waals surface area contributed by atoms with Gasteiger partial charge < -0.3 is 15.7 Å². The molecule has 0 atom stereocenters. The highest BCUT2D eigenvalue weighted by Gasteiger charge is 2.09. The van der Waals surface area contributed by atoms with Gasteiger partial charge in [-0.1, -0.05) is 6.92 Å². The zero-order valence-corrected chi connectivity index (χ0v) is 12.9. The van der Waals surface area contributed by atoms with Crippen molar-refractivity contribution in [3.63, 3.8) is 0 Å². The smallest absolute Gasteiger partial charge is 0.355 e. The summed E-state index contributed by atoms with van der Waals surface area (Å²) in [5.74, 6) is -1.07. The van der Waals surface area contributed by atoms with Crippen LogP contribution < -0.4 is 10.6 Å². The van der Waals surface area contributed by atoms with Crippen molar-refractivity contribution in [1.82, 2.24) is 20.6 Å². The van der Waals surface area contributed by atoms with Crippen molar-refractivity contribution in [3.8, 4) is 0 Å². The van der Waals surface area contributed by atoms with E-state index in [1.807, 2.05) is 6.20 Å². The molecule has 9 heteroatoms. The van der Waals surface area contributed by atoms with Gasteiger partial charge in [0.2, 0.25) is 0 Å². The fraction of sp³-hybridized carbons (Fsp3) is 0.333. The maximum absolute atomic E-state index is 11.6. The van der Waals surface area contributed by atoms with Crippen LogP contribution in [-0.2, 0) is 19.5 Å². The number of hydrogen-bond acceptors (Lipinski definition) is 6. The molecule has 0 bridgehead atoms. The van der Waals surface area contributed by atoms with Crippen molar-refractivity contribution in [2.24, 2.45) is 0 Å². The van der Waals surface area contributed by atoms with Gasteiger partial charge >= 0.3 is 12.0 Å². The van der Waals surface area contributed by atoms with Crippen molar-refractivity contribution in [2.45, 2.75) is 26.4 Å². The van der Waals surface area contributed by atoms with E-state index in [-0.39, 0.29) is 18.3 Å². The second-order valence-corrected chi connectivity index (χ2v) is 6.18. The number of urea groups is 1. The molecule has 3 N–H and O–H groups in total. The van der Waals surface area contributed by atoms with Crippen LogP contribution in [0.25, 0.3) is 0 Å². The number of thiazole rings is 2. The number of carboxylic acid groups (broad SMARTS) is 1. The zero-order valence-electron chi connectivity index (χ0n) is 11.3. The van der Waals surface area contributed by atoms with Crippen molar-refractivity contribution >= 4 is 34.7 Å². The van der Waals surface area contributed by atoms with Crippen LogP contribution in [0.5, 0.6) is 0 Å². The Labute approximate surface area is 129 Å². The van der Waals surface area contributed by atoms with Gasteiger partial charge in [0.25, 0.3) is 0 Å². The first kappa shape index (κ1) is 15.4. The number of hydrogen-bond donors (Lipinski definition) is 3. The molecular weight excluding hydrogens is 312 g/mol. The van der Waals surface area contributed by atoms with Gasteiger partial charge in [0, 0.05) is 16.5 Å². The predicted molar refractivity (Wildman–Crippen MR) is 79.6 cm³/mol. The van der Waals surface area contributed by atoms with Gasteiger partial charge in [-0.2, -0.15) is 0 Å². The molecule has 2 amide bonds. The SMILES string of the molecule is CCc1cnc(CNC(=O)NCc2nc(C(=O)O)cs2)s1. The fourth-order valence-corrected chi connectivity index (χ4v) is 2.97. The van der Waals surface area contributed by atoms with Gasteiger partial charge in [0.1, 0.15) is 10.0 Å². The Hall–Kier alpha value is -2.00. The number of rotatable bonds is 6. The van der Waals surface area contributed by atoms with Gasteiger partial charge in [-0.05, 0) is 6.42 Å². The fourth-order valence-electron chi connectivity index (χ4n) is 1.46. The summed E-state index contributed by atoms with van der Waals surface area (Å²) in [5.41, 5.74) is -0.00733. The van der Waals surface area contributed by atoms with Crippen LogP contribution in [0.3, 0.4) is 0 Å². The van der Waals surface area contributed by atoms with Crippen LogP contribution >= 0.6 is 22.7 Å². The summed E-state index contributed by atoms with van der Waals surface area (Å²) in [6, 6.07) is -0.338. The highest BCUT2D eigenvalue weighted by atomic mass is 32.1. The maximum Gasteiger partial charge on any atom is 0.355 e. The van der Waals surface area contributed by atoms with Gasteiger partial charge in [-0.15, -0.1) is 22.7 Å². The minimum Gasteiger partial charge on any atom is -0.476 e. The van der Waals surface area contributed by atoms with Gasteiger partial charge in [0.05, 0.1) is 13.1 Å². The molecule has 0 aromatic carbocycles. The number of carboxylic acids is 1. The number of nitrogens with zero attached hydrogens (tertiary/aromatic N) is 2. The molecule has 21 heavy (non-hydrogen) atoms. The van der Waals surface area contributed by atoms with E-state index in [1.54, 1.807) is 11.3 Å². The Bertz CT molecular complexity index is 638. The van der Waals surface area contributed by atoms with E-state index in [0.717, 1.165) is 11.4 Å². The van der Waals surface area contributed by atoms with Crippen molar-refractivity contribution in [3.05, 3.63) is 32.2 Å². The summed E-state index contributed by atoms with van der Waals surface area (Å²) in [4.78, 5) is 31.6. The molecule has 0 saturated carbocycles.